The number of aryl methyl sites for hydroxylation is 2. The topological polar surface area (TPSA) is 51.8 Å². The van der Waals surface area contributed by atoms with Gasteiger partial charge in [-0.15, -0.1) is 11.8 Å². The van der Waals surface area contributed by atoms with Gasteiger partial charge in [0.25, 0.3) is 0 Å². The molecule has 1 aromatic carbocycles. The van der Waals surface area contributed by atoms with Gasteiger partial charge in [0.05, 0.1) is 15.0 Å². The predicted molar refractivity (Wildman–Crippen MR) is 84.6 cm³/mol. The van der Waals surface area contributed by atoms with Crippen molar-refractivity contribution in [3.63, 3.8) is 0 Å². The first kappa shape index (κ1) is 13.6. The van der Waals surface area contributed by atoms with E-state index in [1.165, 1.54) is 10.5 Å². The Morgan fingerprint density at radius 3 is 2.72 bits per heavy atom. The lowest BCUT2D eigenvalue weighted by atomic mass is 10.2. The number of anilines is 1. The van der Waals surface area contributed by atoms with Crippen LogP contribution in [0.3, 0.4) is 0 Å². The van der Waals surface area contributed by atoms with E-state index < -0.39 is 0 Å². The summed E-state index contributed by atoms with van der Waals surface area (Å²) < 4.78 is 0.942. The van der Waals surface area contributed by atoms with Gasteiger partial charge in [-0.3, -0.25) is 0 Å². The van der Waals surface area contributed by atoms with Gasteiger partial charge in [-0.1, -0.05) is 17.7 Å². The molecule has 0 amide bonds. The first-order valence-electron chi connectivity index (χ1n) is 5.54. The Kier molecular flexibility index (Phi) is 4.45. The third-order valence-electron chi connectivity index (χ3n) is 2.45. The molecule has 2 aromatic rings. The van der Waals surface area contributed by atoms with E-state index in [-0.39, 0.29) is 0 Å². The van der Waals surface area contributed by atoms with Gasteiger partial charge in [-0.25, -0.2) is 9.97 Å². The predicted octanol–water partition coefficient (Wildman–Crippen LogP) is 3.57. The van der Waals surface area contributed by atoms with Crippen molar-refractivity contribution in [3.05, 3.63) is 44.9 Å². The van der Waals surface area contributed by atoms with Gasteiger partial charge in [0.15, 0.2) is 0 Å². The SMILES string of the molecule is Cc1cccc(SCc2nc(C)c(I)c(N)n2)c1. The van der Waals surface area contributed by atoms with Gasteiger partial charge in [-0.2, -0.15) is 0 Å². The van der Waals surface area contributed by atoms with Crippen LogP contribution in [0.5, 0.6) is 0 Å². The summed E-state index contributed by atoms with van der Waals surface area (Å²) in [5.74, 6) is 2.10. The van der Waals surface area contributed by atoms with E-state index in [4.69, 9.17) is 5.73 Å². The highest BCUT2D eigenvalue weighted by molar-refractivity contribution is 14.1. The zero-order valence-electron chi connectivity index (χ0n) is 10.3. The molecule has 0 spiro atoms. The van der Waals surface area contributed by atoms with Crippen LogP contribution in [-0.4, -0.2) is 9.97 Å². The van der Waals surface area contributed by atoms with Crippen LogP contribution in [0, 0.1) is 17.4 Å². The van der Waals surface area contributed by atoms with E-state index in [9.17, 15) is 0 Å². The molecule has 1 aromatic heterocycles. The summed E-state index contributed by atoms with van der Waals surface area (Å²) in [6.07, 6.45) is 0. The molecule has 18 heavy (non-hydrogen) atoms. The van der Waals surface area contributed by atoms with E-state index in [0.29, 0.717) is 5.82 Å². The highest BCUT2D eigenvalue weighted by atomic mass is 127. The number of hydrogen-bond acceptors (Lipinski definition) is 4. The fourth-order valence-electron chi connectivity index (χ4n) is 1.56. The fourth-order valence-corrected chi connectivity index (χ4v) is 2.67. The molecule has 0 fully saturated rings. The van der Waals surface area contributed by atoms with Crippen LogP contribution in [0.4, 0.5) is 5.82 Å². The van der Waals surface area contributed by atoms with Crippen LogP contribution in [0.15, 0.2) is 29.2 Å². The van der Waals surface area contributed by atoms with Crippen molar-refractivity contribution in [2.24, 2.45) is 0 Å². The average Bonchev–Trinajstić information content (AvgIpc) is 2.33. The molecular formula is C13H14IN3S. The zero-order valence-corrected chi connectivity index (χ0v) is 13.2. The number of rotatable bonds is 3. The standard InChI is InChI=1S/C13H14IN3S/c1-8-4-3-5-10(6-8)18-7-11-16-9(2)12(14)13(15)17-11/h3-6H,7H2,1-2H3,(H2,15,16,17). The van der Waals surface area contributed by atoms with E-state index in [0.717, 1.165) is 20.8 Å². The van der Waals surface area contributed by atoms with E-state index in [1.54, 1.807) is 11.8 Å². The van der Waals surface area contributed by atoms with Crippen LogP contribution in [0.2, 0.25) is 0 Å². The molecule has 0 saturated heterocycles. The van der Waals surface area contributed by atoms with E-state index in [1.807, 2.05) is 6.92 Å². The summed E-state index contributed by atoms with van der Waals surface area (Å²) >= 11 is 3.90. The molecule has 0 aliphatic rings. The molecule has 0 atom stereocenters. The smallest absolute Gasteiger partial charge is 0.141 e. The van der Waals surface area contributed by atoms with Crippen molar-refractivity contribution in [2.45, 2.75) is 24.5 Å². The van der Waals surface area contributed by atoms with E-state index >= 15 is 0 Å². The van der Waals surface area contributed by atoms with Gasteiger partial charge in [0.2, 0.25) is 0 Å². The summed E-state index contributed by atoms with van der Waals surface area (Å²) in [6.45, 7) is 4.05. The van der Waals surface area contributed by atoms with Crippen molar-refractivity contribution in [2.75, 3.05) is 5.73 Å². The van der Waals surface area contributed by atoms with Crippen LogP contribution in [-0.2, 0) is 5.75 Å². The maximum absolute atomic E-state index is 5.85. The number of halogens is 1. The number of nitrogens with two attached hydrogens (primary N) is 1. The lowest BCUT2D eigenvalue weighted by molar-refractivity contribution is 0.991. The molecule has 0 aliphatic heterocycles. The molecule has 0 aliphatic carbocycles. The number of hydrogen-bond donors (Lipinski definition) is 1. The Morgan fingerprint density at radius 2 is 2.06 bits per heavy atom. The minimum absolute atomic E-state index is 0.572. The Morgan fingerprint density at radius 1 is 1.28 bits per heavy atom. The van der Waals surface area contributed by atoms with Crippen LogP contribution >= 0.6 is 34.4 Å². The summed E-state index contributed by atoms with van der Waals surface area (Å²) in [7, 11) is 0. The Bertz CT molecular complexity index is 549. The number of aromatic nitrogens is 2. The molecule has 0 radical (unpaired) electrons. The summed E-state index contributed by atoms with van der Waals surface area (Å²) in [4.78, 5) is 9.99. The lowest BCUT2D eigenvalue weighted by Crippen LogP contribution is -2.04. The molecule has 0 saturated carbocycles. The quantitative estimate of drug-likeness (QED) is 0.662. The first-order valence-corrected chi connectivity index (χ1v) is 7.60. The zero-order chi connectivity index (χ0) is 13.1. The minimum atomic E-state index is 0.572. The maximum atomic E-state index is 5.85. The molecular weight excluding hydrogens is 357 g/mol. The van der Waals surface area contributed by atoms with Crippen LogP contribution in [0.25, 0.3) is 0 Å². The molecule has 0 bridgehead atoms. The Labute approximate surface area is 125 Å². The molecule has 2 rings (SSSR count). The lowest BCUT2D eigenvalue weighted by Gasteiger charge is -2.06. The number of thioether (sulfide) groups is 1. The normalized spacial score (nSPS) is 10.6. The van der Waals surface area contributed by atoms with Crippen molar-refractivity contribution in [3.8, 4) is 0 Å². The molecule has 5 heteroatoms. The molecule has 1 heterocycles. The Balaban J connectivity index is 2.11. The van der Waals surface area contributed by atoms with Crippen LogP contribution in [0.1, 0.15) is 17.1 Å². The highest BCUT2D eigenvalue weighted by Gasteiger charge is 2.06. The Hall–Kier alpha value is -0.820. The second kappa shape index (κ2) is 5.88. The largest absolute Gasteiger partial charge is 0.383 e. The fraction of sp³-hybridized carbons (Fsp3) is 0.231. The molecule has 0 unspecified atom stereocenters. The maximum Gasteiger partial charge on any atom is 0.141 e. The number of benzene rings is 1. The molecule has 3 nitrogen and oxygen atoms in total. The summed E-state index contributed by atoms with van der Waals surface area (Å²) in [5, 5.41) is 0. The van der Waals surface area contributed by atoms with E-state index in [2.05, 4.69) is 63.7 Å². The van der Waals surface area contributed by atoms with Crippen LogP contribution < -0.4 is 5.73 Å². The number of nitrogen functional groups attached to an aromatic ring is 1. The second-order valence-corrected chi connectivity index (χ2v) is 6.16. The van der Waals surface area contributed by atoms with Gasteiger partial charge in [-0.05, 0) is 48.6 Å². The third-order valence-corrected chi connectivity index (χ3v) is 4.77. The van der Waals surface area contributed by atoms with Gasteiger partial charge in [0.1, 0.15) is 11.6 Å². The van der Waals surface area contributed by atoms with Crippen molar-refractivity contribution in [1.82, 2.24) is 9.97 Å². The minimum Gasteiger partial charge on any atom is -0.383 e. The summed E-state index contributed by atoms with van der Waals surface area (Å²) in [6, 6.07) is 8.41. The molecule has 94 valence electrons. The highest BCUT2D eigenvalue weighted by Crippen LogP contribution is 2.23. The van der Waals surface area contributed by atoms with Crippen molar-refractivity contribution in [1.29, 1.82) is 0 Å². The van der Waals surface area contributed by atoms with Gasteiger partial charge >= 0.3 is 0 Å². The number of nitrogens with zero attached hydrogens (tertiary/aromatic N) is 2. The third kappa shape index (κ3) is 3.35. The first-order chi connectivity index (χ1) is 8.56. The molecule has 2 N–H and O–H groups in total. The second-order valence-electron chi connectivity index (χ2n) is 4.03. The van der Waals surface area contributed by atoms with Gasteiger partial charge < -0.3 is 5.73 Å². The van der Waals surface area contributed by atoms with Gasteiger partial charge in [0, 0.05) is 4.90 Å². The monoisotopic (exact) mass is 371 g/mol. The average molecular weight is 371 g/mol. The van der Waals surface area contributed by atoms with Crippen molar-refractivity contribution < 1.29 is 0 Å². The summed E-state index contributed by atoms with van der Waals surface area (Å²) in [5.41, 5.74) is 8.06. The van der Waals surface area contributed by atoms with Crippen molar-refractivity contribution >= 4 is 40.2 Å².